The summed E-state index contributed by atoms with van der Waals surface area (Å²) in [7, 11) is 2.17. The number of aliphatic hydroxyl groups is 1. The van der Waals surface area contributed by atoms with Crippen molar-refractivity contribution in [3.05, 3.63) is 35.8 Å². The highest BCUT2D eigenvalue weighted by atomic mass is 16.3. The summed E-state index contributed by atoms with van der Waals surface area (Å²) in [4.78, 5) is 26.4. The molecular weight excluding hydrogens is 440 g/mol. The fraction of sp³-hybridized carbons (Fsp3) is 0.538. The third kappa shape index (κ3) is 4.16. The van der Waals surface area contributed by atoms with Crippen molar-refractivity contribution in [2.75, 3.05) is 48.3 Å². The molecule has 0 aliphatic carbocycles. The Morgan fingerprint density at radius 3 is 2.37 bits per heavy atom. The van der Waals surface area contributed by atoms with Gasteiger partial charge in [0.1, 0.15) is 11.3 Å². The van der Waals surface area contributed by atoms with Crippen molar-refractivity contribution in [2.24, 2.45) is 0 Å². The van der Waals surface area contributed by atoms with E-state index in [0.717, 1.165) is 54.4 Å². The number of piperazine rings is 1. The zero-order valence-corrected chi connectivity index (χ0v) is 20.8. The zero-order chi connectivity index (χ0) is 24.1. The second-order valence-corrected chi connectivity index (χ2v) is 10.3. The first-order valence-electron chi connectivity index (χ1n) is 12.8. The van der Waals surface area contributed by atoms with Gasteiger partial charge in [-0.05, 0) is 64.8 Å². The molecule has 6 rings (SSSR count). The Morgan fingerprint density at radius 1 is 1.00 bits per heavy atom. The van der Waals surface area contributed by atoms with E-state index >= 15 is 0 Å². The smallest absolute Gasteiger partial charge is 0.229 e. The van der Waals surface area contributed by atoms with E-state index in [0.29, 0.717) is 23.7 Å². The Balaban J connectivity index is 1.31. The molecule has 184 valence electrons. The molecule has 3 saturated heterocycles. The molecule has 0 aromatic carbocycles. The highest BCUT2D eigenvalue weighted by Gasteiger charge is 2.41. The Kier molecular flexibility index (Phi) is 5.69. The van der Waals surface area contributed by atoms with Gasteiger partial charge in [0.05, 0.1) is 23.2 Å². The second-order valence-electron chi connectivity index (χ2n) is 10.3. The minimum absolute atomic E-state index is 0.510. The lowest BCUT2D eigenvalue weighted by molar-refractivity contribution is 0.194. The van der Waals surface area contributed by atoms with Gasteiger partial charge in [-0.1, -0.05) is 0 Å². The Hall–Kier alpha value is -3.04. The summed E-state index contributed by atoms with van der Waals surface area (Å²) in [5.41, 5.74) is 3.68. The van der Waals surface area contributed by atoms with Gasteiger partial charge in [0.2, 0.25) is 5.95 Å². The molecule has 2 bridgehead atoms. The van der Waals surface area contributed by atoms with Crippen LogP contribution in [-0.4, -0.2) is 75.3 Å². The average molecular weight is 475 g/mol. The number of aryl methyl sites for hydroxylation is 1. The van der Waals surface area contributed by atoms with Gasteiger partial charge >= 0.3 is 0 Å². The molecule has 3 aromatic rings. The van der Waals surface area contributed by atoms with E-state index in [9.17, 15) is 5.11 Å². The SMILES string of the molecule is Cc1nc(Nc2ncc3cc([C@@H](C)O)nc(N4C5CCC4CC5)c3n2)ccc1N1CCN(C)CC1. The largest absolute Gasteiger partial charge is 0.387 e. The number of nitrogens with one attached hydrogen (secondary N) is 1. The lowest BCUT2D eigenvalue weighted by atomic mass is 10.0. The van der Waals surface area contributed by atoms with E-state index in [1.807, 2.05) is 18.3 Å². The van der Waals surface area contributed by atoms with Gasteiger partial charge in [-0.3, -0.25) is 0 Å². The van der Waals surface area contributed by atoms with Crippen LogP contribution in [0.3, 0.4) is 0 Å². The number of pyridine rings is 2. The summed E-state index contributed by atoms with van der Waals surface area (Å²) in [6.45, 7) is 7.98. The van der Waals surface area contributed by atoms with Gasteiger partial charge in [0, 0.05) is 49.8 Å². The molecule has 3 aromatic heterocycles. The molecule has 2 N–H and O–H groups in total. The lowest BCUT2D eigenvalue weighted by Crippen LogP contribution is -2.44. The molecule has 9 heteroatoms. The minimum atomic E-state index is -0.637. The van der Waals surface area contributed by atoms with E-state index in [-0.39, 0.29) is 0 Å². The molecule has 0 radical (unpaired) electrons. The molecule has 0 spiro atoms. The fourth-order valence-corrected chi connectivity index (χ4v) is 5.87. The van der Waals surface area contributed by atoms with Crippen LogP contribution < -0.4 is 15.1 Å². The van der Waals surface area contributed by atoms with Crippen LogP contribution in [0, 0.1) is 6.92 Å². The Morgan fingerprint density at radius 2 is 1.71 bits per heavy atom. The molecule has 3 aliphatic heterocycles. The summed E-state index contributed by atoms with van der Waals surface area (Å²) in [6.07, 6.45) is 5.99. The van der Waals surface area contributed by atoms with Gasteiger partial charge in [-0.15, -0.1) is 0 Å². The van der Waals surface area contributed by atoms with Gasteiger partial charge in [-0.2, -0.15) is 0 Å². The van der Waals surface area contributed by atoms with Crippen LogP contribution in [0.1, 0.15) is 50.1 Å². The number of fused-ring (bicyclic) bond motifs is 3. The maximum Gasteiger partial charge on any atom is 0.229 e. The molecular formula is C26H34N8O. The predicted octanol–water partition coefficient (Wildman–Crippen LogP) is 3.41. The van der Waals surface area contributed by atoms with Crippen molar-refractivity contribution in [2.45, 2.75) is 57.7 Å². The number of likely N-dealkylation sites (N-methyl/N-ethyl adjacent to an activating group) is 1. The van der Waals surface area contributed by atoms with E-state index < -0.39 is 6.10 Å². The number of nitrogens with zero attached hydrogens (tertiary/aromatic N) is 7. The number of aromatic nitrogens is 4. The van der Waals surface area contributed by atoms with Crippen LogP contribution in [0.4, 0.5) is 23.3 Å². The molecule has 3 fully saturated rings. The third-order valence-electron chi connectivity index (χ3n) is 7.83. The van der Waals surface area contributed by atoms with E-state index in [1.54, 1.807) is 6.92 Å². The van der Waals surface area contributed by atoms with Crippen LogP contribution in [0.5, 0.6) is 0 Å². The van der Waals surface area contributed by atoms with E-state index in [1.165, 1.54) is 31.4 Å². The number of rotatable bonds is 5. The average Bonchev–Trinajstić information content (AvgIpc) is 3.45. The van der Waals surface area contributed by atoms with Gasteiger partial charge in [0.25, 0.3) is 0 Å². The number of aliphatic hydroxyl groups excluding tert-OH is 1. The first-order valence-corrected chi connectivity index (χ1v) is 12.8. The Bertz CT molecular complexity index is 1220. The standard InChI is InChI=1S/C26H34N8O/c1-16-22(33-12-10-32(3)11-13-33)8-9-23(28-16)30-26-27-15-18-14-21(17(2)35)29-25(24(18)31-26)34-19-4-5-20(34)7-6-19/h8-9,14-15,17,19-20,35H,4-7,10-13H2,1-3H3,(H,27,28,30,31)/t17-,19?,20?/m1/s1. The van der Waals surface area contributed by atoms with Crippen molar-refractivity contribution in [1.82, 2.24) is 24.8 Å². The van der Waals surface area contributed by atoms with Crippen LogP contribution >= 0.6 is 0 Å². The molecule has 0 saturated carbocycles. The summed E-state index contributed by atoms with van der Waals surface area (Å²) >= 11 is 0. The summed E-state index contributed by atoms with van der Waals surface area (Å²) in [6, 6.07) is 7.07. The van der Waals surface area contributed by atoms with Crippen LogP contribution in [0.25, 0.3) is 10.9 Å². The number of anilines is 4. The van der Waals surface area contributed by atoms with Crippen molar-refractivity contribution < 1.29 is 5.11 Å². The first-order chi connectivity index (χ1) is 17.0. The lowest BCUT2D eigenvalue weighted by Gasteiger charge is -2.34. The summed E-state index contributed by atoms with van der Waals surface area (Å²) < 4.78 is 0. The van der Waals surface area contributed by atoms with Crippen molar-refractivity contribution in [3.8, 4) is 0 Å². The number of hydrogen-bond acceptors (Lipinski definition) is 9. The maximum atomic E-state index is 10.3. The van der Waals surface area contributed by atoms with Crippen LogP contribution in [-0.2, 0) is 0 Å². The van der Waals surface area contributed by atoms with Crippen LogP contribution in [0.2, 0.25) is 0 Å². The molecule has 35 heavy (non-hydrogen) atoms. The topological polar surface area (TPSA) is 93.5 Å². The summed E-state index contributed by atoms with van der Waals surface area (Å²) in [5, 5.41) is 14.5. The molecule has 6 heterocycles. The normalized spacial score (nSPS) is 23.3. The van der Waals surface area contributed by atoms with Crippen molar-refractivity contribution in [3.63, 3.8) is 0 Å². The highest BCUT2D eigenvalue weighted by Crippen LogP contribution is 2.42. The van der Waals surface area contributed by atoms with E-state index in [2.05, 4.69) is 45.0 Å². The molecule has 9 nitrogen and oxygen atoms in total. The molecule has 0 amide bonds. The predicted molar refractivity (Wildman–Crippen MR) is 138 cm³/mol. The minimum Gasteiger partial charge on any atom is -0.387 e. The first kappa shape index (κ1) is 22.4. The second kappa shape index (κ2) is 8.87. The maximum absolute atomic E-state index is 10.3. The Labute approximate surface area is 206 Å². The monoisotopic (exact) mass is 474 g/mol. The van der Waals surface area contributed by atoms with Gasteiger partial charge in [-0.25, -0.2) is 19.9 Å². The molecule has 1 atom stereocenters. The van der Waals surface area contributed by atoms with Crippen molar-refractivity contribution in [1.29, 1.82) is 0 Å². The fourth-order valence-electron chi connectivity index (χ4n) is 5.87. The molecule has 0 unspecified atom stereocenters. The van der Waals surface area contributed by atoms with Crippen LogP contribution in [0.15, 0.2) is 24.4 Å². The van der Waals surface area contributed by atoms with Crippen molar-refractivity contribution >= 4 is 34.2 Å². The molecule has 3 aliphatic rings. The third-order valence-corrected chi connectivity index (χ3v) is 7.83. The number of hydrogen-bond donors (Lipinski definition) is 2. The summed E-state index contributed by atoms with van der Waals surface area (Å²) in [5.74, 6) is 2.12. The van der Waals surface area contributed by atoms with Gasteiger partial charge < -0.3 is 25.1 Å². The zero-order valence-electron chi connectivity index (χ0n) is 20.8. The quantitative estimate of drug-likeness (QED) is 0.577. The van der Waals surface area contributed by atoms with E-state index in [4.69, 9.17) is 15.0 Å². The highest BCUT2D eigenvalue weighted by molar-refractivity contribution is 5.90. The van der Waals surface area contributed by atoms with Gasteiger partial charge in [0.15, 0.2) is 5.82 Å².